The highest BCUT2D eigenvalue weighted by Gasteiger charge is 2.14. The molecule has 5 nitrogen and oxygen atoms in total. The van der Waals surface area contributed by atoms with Crippen LogP contribution < -0.4 is 10.3 Å². The van der Waals surface area contributed by atoms with Gasteiger partial charge < -0.3 is 9.84 Å². The summed E-state index contributed by atoms with van der Waals surface area (Å²) in [6.07, 6.45) is 0. The Morgan fingerprint density at radius 1 is 0.963 bits per heavy atom. The summed E-state index contributed by atoms with van der Waals surface area (Å²) in [5, 5.41) is 15.9. The number of phenolic OH excluding ortho intramolecular Hbond substituents is 1. The molecule has 27 heavy (non-hydrogen) atoms. The third-order valence-electron chi connectivity index (χ3n) is 4.50. The van der Waals surface area contributed by atoms with Gasteiger partial charge in [-0.2, -0.15) is 5.10 Å². The van der Waals surface area contributed by atoms with E-state index in [1.165, 1.54) is 11.8 Å². The van der Waals surface area contributed by atoms with Gasteiger partial charge in [-0.05, 0) is 29.8 Å². The van der Waals surface area contributed by atoms with E-state index in [1.54, 1.807) is 18.2 Å². The van der Waals surface area contributed by atoms with Crippen molar-refractivity contribution in [2.45, 2.75) is 6.54 Å². The second-order valence-electron chi connectivity index (χ2n) is 6.23. The smallest absolute Gasteiger partial charge is 0.274 e. The molecule has 134 valence electrons. The highest BCUT2D eigenvalue weighted by atomic mass is 16.5. The SMILES string of the molecule is COc1cc(-c2nn(Cc3ccccc3)c(=O)c3ccccc23)ccc1O. The number of nitrogens with zero attached hydrogens (tertiary/aromatic N) is 2. The third-order valence-corrected chi connectivity index (χ3v) is 4.50. The third kappa shape index (κ3) is 3.15. The number of aromatic nitrogens is 2. The summed E-state index contributed by atoms with van der Waals surface area (Å²) < 4.78 is 6.70. The lowest BCUT2D eigenvalue weighted by Gasteiger charge is -2.12. The summed E-state index contributed by atoms with van der Waals surface area (Å²) in [5.74, 6) is 0.419. The summed E-state index contributed by atoms with van der Waals surface area (Å²) in [7, 11) is 1.50. The fourth-order valence-electron chi connectivity index (χ4n) is 3.14. The molecule has 3 aromatic carbocycles. The number of aromatic hydroxyl groups is 1. The van der Waals surface area contributed by atoms with E-state index in [9.17, 15) is 9.90 Å². The molecule has 0 radical (unpaired) electrons. The summed E-state index contributed by atoms with van der Waals surface area (Å²) in [5.41, 5.74) is 2.29. The van der Waals surface area contributed by atoms with E-state index in [-0.39, 0.29) is 11.3 Å². The van der Waals surface area contributed by atoms with Crippen molar-refractivity contribution in [2.24, 2.45) is 0 Å². The van der Waals surface area contributed by atoms with Crippen LogP contribution in [0.2, 0.25) is 0 Å². The van der Waals surface area contributed by atoms with Crippen LogP contribution in [0, 0.1) is 0 Å². The first kappa shape index (κ1) is 16.8. The van der Waals surface area contributed by atoms with Gasteiger partial charge in [0.15, 0.2) is 11.5 Å². The largest absolute Gasteiger partial charge is 0.504 e. The Labute approximate surface area is 156 Å². The van der Waals surface area contributed by atoms with E-state index in [4.69, 9.17) is 4.74 Å². The average molecular weight is 358 g/mol. The Morgan fingerprint density at radius 2 is 1.67 bits per heavy atom. The second-order valence-corrected chi connectivity index (χ2v) is 6.23. The van der Waals surface area contributed by atoms with Crippen molar-refractivity contribution in [3.05, 3.63) is 88.7 Å². The number of benzene rings is 3. The van der Waals surface area contributed by atoms with E-state index in [2.05, 4.69) is 5.10 Å². The van der Waals surface area contributed by atoms with E-state index in [1.807, 2.05) is 54.6 Å². The fourth-order valence-corrected chi connectivity index (χ4v) is 3.14. The topological polar surface area (TPSA) is 64.4 Å². The summed E-state index contributed by atoms with van der Waals surface area (Å²) in [6, 6.07) is 22.2. The minimum Gasteiger partial charge on any atom is -0.504 e. The zero-order valence-electron chi connectivity index (χ0n) is 14.8. The first-order valence-electron chi connectivity index (χ1n) is 8.58. The summed E-state index contributed by atoms with van der Waals surface area (Å²) >= 11 is 0. The Morgan fingerprint density at radius 3 is 2.41 bits per heavy atom. The maximum absolute atomic E-state index is 12.9. The maximum Gasteiger partial charge on any atom is 0.274 e. The van der Waals surface area contributed by atoms with Gasteiger partial charge >= 0.3 is 0 Å². The molecular formula is C22H18N2O3. The van der Waals surface area contributed by atoms with Crippen LogP contribution in [-0.4, -0.2) is 22.0 Å². The van der Waals surface area contributed by atoms with Gasteiger partial charge in [0.05, 0.1) is 24.7 Å². The van der Waals surface area contributed by atoms with Crippen LogP contribution in [0.5, 0.6) is 11.5 Å². The van der Waals surface area contributed by atoms with Crippen LogP contribution in [0.4, 0.5) is 0 Å². The van der Waals surface area contributed by atoms with Crippen molar-refractivity contribution in [2.75, 3.05) is 7.11 Å². The Kier molecular flexibility index (Phi) is 4.34. The Balaban J connectivity index is 1.94. The van der Waals surface area contributed by atoms with Gasteiger partial charge in [-0.3, -0.25) is 4.79 Å². The van der Waals surface area contributed by atoms with Crippen LogP contribution in [0.3, 0.4) is 0 Å². The van der Waals surface area contributed by atoms with Crippen LogP contribution in [0.25, 0.3) is 22.0 Å². The molecule has 4 aromatic rings. The standard InChI is InChI=1S/C22H18N2O3/c1-27-20-13-16(11-12-19(20)25)21-17-9-5-6-10-18(17)22(26)24(23-21)14-15-7-3-2-4-8-15/h2-13,25H,14H2,1H3. The Hall–Kier alpha value is -3.60. The minimum absolute atomic E-state index is 0.0585. The molecule has 1 aromatic heterocycles. The number of rotatable bonds is 4. The Bertz CT molecular complexity index is 1170. The highest BCUT2D eigenvalue weighted by Crippen LogP contribution is 2.33. The van der Waals surface area contributed by atoms with Crippen LogP contribution >= 0.6 is 0 Å². The quantitative estimate of drug-likeness (QED) is 0.602. The lowest BCUT2D eigenvalue weighted by atomic mass is 10.0. The molecule has 0 saturated heterocycles. The number of phenols is 1. The van der Waals surface area contributed by atoms with E-state index < -0.39 is 0 Å². The molecule has 0 aliphatic carbocycles. The first-order chi connectivity index (χ1) is 13.2. The van der Waals surface area contributed by atoms with Gasteiger partial charge in [0.1, 0.15) is 0 Å². The zero-order valence-corrected chi connectivity index (χ0v) is 14.8. The molecule has 0 atom stereocenters. The molecule has 5 heteroatoms. The lowest BCUT2D eigenvalue weighted by molar-refractivity contribution is 0.373. The summed E-state index contributed by atoms with van der Waals surface area (Å²) in [4.78, 5) is 12.9. The number of hydrogen-bond donors (Lipinski definition) is 1. The zero-order chi connectivity index (χ0) is 18.8. The van der Waals surface area contributed by atoms with Gasteiger partial charge in [-0.1, -0.05) is 48.5 Å². The second kappa shape index (κ2) is 6.96. The normalized spacial score (nSPS) is 10.9. The predicted octanol–water partition coefficient (Wildman–Crippen LogP) is 3.83. The molecule has 0 bridgehead atoms. The molecule has 4 rings (SSSR count). The van der Waals surface area contributed by atoms with Crippen molar-refractivity contribution < 1.29 is 9.84 Å². The van der Waals surface area contributed by atoms with Crippen molar-refractivity contribution in [1.82, 2.24) is 9.78 Å². The minimum atomic E-state index is -0.135. The molecule has 0 spiro atoms. The molecule has 0 saturated carbocycles. The number of fused-ring (bicyclic) bond motifs is 1. The molecule has 0 aliphatic rings. The molecule has 1 heterocycles. The maximum atomic E-state index is 12.9. The molecular weight excluding hydrogens is 340 g/mol. The molecule has 1 N–H and O–H groups in total. The van der Waals surface area contributed by atoms with Gasteiger partial charge in [0.25, 0.3) is 5.56 Å². The monoisotopic (exact) mass is 358 g/mol. The average Bonchev–Trinajstić information content (AvgIpc) is 2.71. The molecule has 0 amide bonds. The molecule has 0 unspecified atom stereocenters. The van der Waals surface area contributed by atoms with Gasteiger partial charge in [0.2, 0.25) is 0 Å². The van der Waals surface area contributed by atoms with Gasteiger partial charge in [-0.15, -0.1) is 0 Å². The fraction of sp³-hybridized carbons (Fsp3) is 0.0909. The first-order valence-corrected chi connectivity index (χ1v) is 8.58. The highest BCUT2D eigenvalue weighted by molar-refractivity contribution is 5.94. The van der Waals surface area contributed by atoms with Crippen molar-refractivity contribution in [1.29, 1.82) is 0 Å². The van der Waals surface area contributed by atoms with Crippen molar-refractivity contribution >= 4 is 10.8 Å². The van der Waals surface area contributed by atoms with Gasteiger partial charge in [-0.25, -0.2) is 4.68 Å². The molecule has 0 aliphatic heterocycles. The van der Waals surface area contributed by atoms with E-state index in [0.29, 0.717) is 23.4 Å². The number of methoxy groups -OCH3 is 1. The van der Waals surface area contributed by atoms with Gasteiger partial charge in [0, 0.05) is 10.9 Å². The molecule has 0 fully saturated rings. The van der Waals surface area contributed by atoms with Crippen molar-refractivity contribution in [3.8, 4) is 22.8 Å². The summed E-state index contributed by atoms with van der Waals surface area (Å²) in [6.45, 7) is 0.382. The van der Waals surface area contributed by atoms with Crippen LogP contribution in [-0.2, 0) is 6.54 Å². The number of hydrogen-bond acceptors (Lipinski definition) is 4. The predicted molar refractivity (Wildman–Crippen MR) is 105 cm³/mol. The van der Waals surface area contributed by atoms with E-state index >= 15 is 0 Å². The van der Waals surface area contributed by atoms with Crippen molar-refractivity contribution in [3.63, 3.8) is 0 Å². The lowest BCUT2D eigenvalue weighted by Crippen LogP contribution is -2.24. The van der Waals surface area contributed by atoms with Crippen LogP contribution in [0.15, 0.2) is 77.6 Å². The van der Waals surface area contributed by atoms with Crippen LogP contribution in [0.1, 0.15) is 5.56 Å². The van der Waals surface area contributed by atoms with E-state index in [0.717, 1.165) is 16.5 Å². The number of ether oxygens (including phenoxy) is 1.